The molecule has 1 saturated heterocycles. The first-order valence-electron chi connectivity index (χ1n) is 5.80. The molecular formula is C11H21NS2. The van der Waals surface area contributed by atoms with Gasteiger partial charge in [0.25, 0.3) is 0 Å². The van der Waals surface area contributed by atoms with E-state index in [4.69, 9.17) is 0 Å². The number of thioether (sulfide) groups is 2. The van der Waals surface area contributed by atoms with Crippen LogP contribution in [0.5, 0.6) is 0 Å². The molecule has 0 spiro atoms. The van der Waals surface area contributed by atoms with Crippen LogP contribution in [-0.2, 0) is 0 Å². The first-order chi connectivity index (χ1) is 6.81. The van der Waals surface area contributed by atoms with Gasteiger partial charge in [-0.25, -0.2) is 0 Å². The van der Waals surface area contributed by atoms with Gasteiger partial charge in [0, 0.05) is 34.1 Å². The summed E-state index contributed by atoms with van der Waals surface area (Å²) in [5.74, 6) is 2.74. The van der Waals surface area contributed by atoms with Crippen LogP contribution in [-0.4, -0.2) is 34.1 Å². The zero-order valence-corrected chi connectivity index (χ0v) is 10.8. The van der Waals surface area contributed by atoms with E-state index < -0.39 is 0 Å². The Labute approximate surface area is 96.2 Å². The average Bonchev–Trinajstić information content (AvgIpc) is 2.62. The van der Waals surface area contributed by atoms with Gasteiger partial charge in [0.05, 0.1) is 0 Å². The predicted octanol–water partition coefficient (Wildman–Crippen LogP) is 2.75. The Morgan fingerprint density at radius 3 is 2.86 bits per heavy atom. The Balaban J connectivity index is 1.87. The van der Waals surface area contributed by atoms with Crippen LogP contribution in [0.25, 0.3) is 0 Å². The maximum absolute atomic E-state index is 3.79. The van der Waals surface area contributed by atoms with Gasteiger partial charge in [-0.05, 0) is 26.2 Å². The van der Waals surface area contributed by atoms with Crippen molar-refractivity contribution in [2.24, 2.45) is 0 Å². The van der Waals surface area contributed by atoms with E-state index in [0.29, 0.717) is 6.04 Å². The van der Waals surface area contributed by atoms with E-state index >= 15 is 0 Å². The standard InChI is InChI=1S/C11H21NS2/c1-3-8(2)12-9-4-5-10-11(9)14-7-6-13-10/h8-12H,3-7H2,1-2H3. The van der Waals surface area contributed by atoms with E-state index in [-0.39, 0.29) is 0 Å². The normalized spacial score (nSPS) is 39.4. The lowest BCUT2D eigenvalue weighted by molar-refractivity contribution is 0.447. The predicted molar refractivity (Wildman–Crippen MR) is 68.4 cm³/mol. The summed E-state index contributed by atoms with van der Waals surface area (Å²) in [7, 11) is 0. The molecule has 0 aromatic carbocycles. The maximum Gasteiger partial charge on any atom is 0.0320 e. The van der Waals surface area contributed by atoms with E-state index in [9.17, 15) is 0 Å². The van der Waals surface area contributed by atoms with Crippen molar-refractivity contribution in [1.29, 1.82) is 0 Å². The van der Waals surface area contributed by atoms with Crippen LogP contribution in [0.4, 0.5) is 0 Å². The van der Waals surface area contributed by atoms with E-state index in [0.717, 1.165) is 16.5 Å². The van der Waals surface area contributed by atoms with Gasteiger partial charge >= 0.3 is 0 Å². The van der Waals surface area contributed by atoms with E-state index in [1.165, 1.54) is 30.8 Å². The Morgan fingerprint density at radius 1 is 1.29 bits per heavy atom. The topological polar surface area (TPSA) is 12.0 Å². The highest BCUT2D eigenvalue weighted by Crippen LogP contribution is 2.42. The molecule has 14 heavy (non-hydrogen) atoms. The third-order valence-electron chi connectivity index (χ3n) is 3.36. The molecule has 4 unspecified atom stereocenters. The molecule has 2 fully saturated rings. The van der Waals surface area contributed by atoms with E-state index in [2.05, 4.69) is 42.7 Å². The fourth-order valence-corrected chi connectivity index (χ4v) is 5.67. The van der Waals surface area contributed by atoms with Crippen molar-refractivity contribution in [2.45, 2.75) is 55.7 Å². The van der Waals surface area contributed by atoms with Gasteiger partial charge < -0.3 is 5.32 Å². The van der Waals surface area contributed by atoms with Crippen LogP contribution in [0.3, 0.4) is 0 Å². The zero-order valence-electron chi connectivity index (χ0n) is 9.16. The second-order valence-corrected chi connectivity index (χ2v) is 7.04. The number of nitrogens with one attached hydrogen (secondary N) is 1. The van der Waals surface area contributed by atoms with Crippen molar-refractivity contribution in [1.82, 2.24) is 5.32 Å². The fraction of sp³-hybridized carbons (Fsp3) is 1.00. The minimum absolute atomic E-state index is 0.700. The summed E-state index contributed by atoms with van der Waals surface area (Å²) in [5, 5.41) is 5.65. The van der Waals surface area contributed by atoms with Crippen LogP contribution < -0.4 is 5.32 Å². The molecule has 2 rings (SSSR count). The highest BCUT2D eigenvalue weighted by atomic mass is 32.2. The summed E-state index contributed by atoms with van der Waals surface area (Å²) < 4.78 is 0. The van der Waals surface area contributed by atoms with Gasteiger partial charge in [-0.15, -0.1) is 0 Å². The van der Waals surface area contributed by atoms with Gasteiger partial charge in [-0.2, -0.15) is 23.5 Å². The molecule has 1 N–H and O–H groups in total. The van der Waals surface area contributed by atoms with Crippen molar-refractivity contribution >= 4 is 23.5 Å². The Hall–Kier alpha value is 0.660. The third kappa shape index (κ3) is 2.42. The van der Waals surface area contributed by atoms with E-state index in [1.807, 2.05) is 0 Å². The molecule has 0 aromatic heterocycles. The number of fused-ring (bicyclic) bond motifs is 1. The van der Waals surface area contributed by atoms with Crippen LogP contribution >= 0.6 is 23.5 Å². The summed E-state index contributed by atoms with van der Waals surface area (Å²) in [6, 6.07) is 1.50. The lowest BCUT2D eigenvalue weighted by Crippen LogP contribution is -2.43. The molecule has 2 aliphatic rings. The number of hydrogen-bond donors (Lipinski definition) is 1. The maximum atomic E-state index is 3.79. The minimum atomic E-state index is 0.700. The van der Waals surface area contributed by atoms with Crippen LogP contribution in [0.15, 0.2) is 0 Å². The smallest absolute Gasteiger partial charge is 0.0320 e. The summed E-state index contributed by atoms with van der Waals surface area (Å²) in [6.07, 6.45) is 4.10. The molecule has 0 aromatic rings. The highest BCUT2D eigenvalue weighted by molar-refractivity contribution is 8.07. The van der Waals surface area contributed by atoms with Crippen LogP contribution in [0, 0.1) is 0 Å². The largest absolute Gasteiger partial charge is 0.310 e. The number of rotatable bonds is 3. The summed E-state index contributed by atoms with van der Waals surface area (Å²) in [6.45, 7) is 4.58. The molecule has 82 valence electrons. The summed E-state index contributed by atoms with van der Waals surface area (Å²) in [4.78, 5) is 0. The van der Waals surface area contributed by atoms with Crippen LogP contribution in [0.2, 0.25) is 0 Å². The molecule has 0 radical (unpaired) electrons. The lowest BCUT2D eigenvalue weighted by Gasteiger charge is -2.30. The fourth-order valence-electron chi connectivity index (χ4n) is 2.38. The van der Waals surface area contributed by atoms with Gasteiger partial charge in [-0.3, -0.25) is 0 Å². The van der Waals surface area contributed by atoms with Crippen LogP contribution in [0.1, 0.15) is 33.1 Å². The molecule has 3 heteroatoms. The molecule has 1 saturated carbocycles. The number of hydrogen-bond acceptors (Lipinski definition) is 3. The minimum Gasteiger partial charge on any atom is -0.310 e. The second kappa shape index (κ2) is 5.13. The van der Waals surface area contributed by atoms with Crippen molar-refractivity contribution in [3.8, 4) is 0 Å². The van der Waals surface area contributed by atoms with Gasteiger partial charge in [0.1, 0.15) is 0 Å². The SMILES string of the molecule is CCC(C)NC1CCC2SCCSC12. The molecule has 0 bridgehead atoms. The van der Waals surface area contributed by atoms with Gasteiger partial charge in [0.2, 0.25) is 0 Å². The summed E-state index contributed by atoms with van der Waals surface area (Å²) in [5.41, 5.74) is 0. The molecule has 4 atom stereocenters. The Bertz CT molecular complexity index is 186. The van der Waals surface area contributed by atoms with E-state index in [1.54, 1.807) is 0 Å². The highest BCUT2D eigenvalue weighted by Gasteiger charge is 2.38. The molecule has 1 nitrogen and oxygen atoms in total. The Morgan fingerprint density at radius 2 is 2.07 bits per heavy atom. The molecule has 0 amide bonds. The monoisotopic (exact) mass is 231 g/mol. The van der Waals surface area contributed by atoms with Gasteiger partial charge in [0.15, 0.2) is 0 Å². The molecule has 1 heterocycles. The lowest BCUT2D eigenvalue weighted by atomic mass is 10.2. The third-order valence-corrected chi connectivity index (χ3v) is 6.67. The van der Waals surface area contributed by atoms with Crippen molar-refractivity contribution in [3.63, 3.8) is 0 Å². The second-order valence-electron chi connectivity index (χ2n) is 4.40. The van der Waals surface area contributed by atoms with Crippen molar-refractivity contribution in [3.05, 3.63) is 0 Å². The quantitative estimate of drug-likeness (QED) is 0.802. The molecular weight excluding hydrogens is 210 g/mol. The Kier molecular flexibility index (Phi) is 4.09. The summed E-state index contributed by atoms with van der Waals surface area (Å²) >= 11 is 4.42. The van der Waals surface area contributed by atoms with Crippen molar-refractivity contribution in [2.75, 3.05) is 11.5 Å². The van der Waals surface area contributed by atoms with Crippen molar-refractivity contribution < 1.29 is 0 Å². The molecule has 1 aliphatic heterocycles. The zero-order chi connectivity index (χ0) is 9.97. The first kappa shape index (κ1) is 11.2. The first-order valence-corrected chi connectivity index (χ1v) is 7.90. The molecule has 1 aliphatic carbocycles. The average molecular weight is 231 g/mol. The van der Waals surface area contributed by atoms with Gasteiger partial charge in [-0.1, -0.05) is 6.92 Å².